The number of rotatable bonds is 2. The van der Waals surface area contributed by atoms with Gasteiger partial charge in [-0.2, -0.15) is 0 Å². The fourth-order valence-corrected chi connectivity index (χ4v) is 2.49. The summed E-state index contributed by atoms with van der Waals surface area (Å²) in [6.45, 7) is 7.06. The summed E-state index contributed by atoms with van der Waals surface area (Å²) in [7, 11) is 0. The van der Waals surface area contributed by atoms with E-state index in [1.807, 2.05) is 13.8 Å². The van der Waals surface area contributed by atoms with Crippen molar-refractivity contribution in [1.29, 1.82) is 0 Å². The Morgan fingerprint density at radius 1 is 1.30 bits per heavy atom. The van der Waals surface area contributed by atoms with Gasteiger partial charge in [-0.3, -0.25) is 14.5 Å². The molecule has 1 fully saturated rings. The number of piperazine rings is 1. The Bertz CT molecular complexity index is 557. The first-order valence-electron chi connectivity index (χ1n) is 6.72. The molecule has 5 heteroatoms. The zero-order valence-electron chi connectivity index (χ0n) is 12.1. The predicted molar refractivity (Wildman–Crippen MR) is 74.9 cm³/mol. The topological polar surface area (TPSA) is 49.4 Å². The SMILES string of the molecule is Cc1cc(N2C(=O)C(C)NC(=O)C2C(C)C)ccc1F. The number of halogens is 1. The third-order valence-corrected chi connectivity index (χ3v) is 3.56. The van der Waals surface area contributed by atoms with Crippen molar-refractivity contribution in [2.24, 2.45) is 5.92 Å². The van der Waals surface area contributed by atoms with Gasteiger partial charge in [0.05, 0.1) is 0 Å². The molecule has 2 rings (SSSR count). The third kappa shape index (κ3) is 2.40. The Morgan fingerprint density at radius 3 is 2.50 bits per heavy atom. The number of carbonyl (C=O) groups is 2. The highest BCUT2D eigenvalue weighted by atomic mass is 19.1. The van der Waals surface area contributed by atoms with Crippen molar-refractivity contribution in [3.05, 3.63) is 29.6 Å². The van der Waals surface area contributed by atoms with Crippen LogP contribution in [0.4, 0.5) is 10.1 Å². The van der Waals surface area contributed by atoms with Gasteiger partial charge in [-0.15, -0.1) is 0 Å². The molecule has 1 aromatic carbocycles. The Hall–Kier alpha value is -1.91. The molecule has 0 radical (unpaired) electrons. The van der Waals surface area contributed by atoms with Gasteiger partial charge >= 0.3 is 0 Å². The molecular formula is C15H19FN2O2. The molecule has 2 amide bonds. The van der Waals surface area contributed by atoms with Crippen LogP contribution in [0.3, 0.4) is 0 Å². The lowest BCUT2D eigenvalue weighted by atomic mass is 9.96. The zero-order valence-corrected chi connectivity index (χ0v) is 12.1. The van der Waals surface area contributed by atoms with Gasteiger partial charge in [-0.25, -0.2) is 4.39 Å². The van der Waals surface area contributed by atoms with Crippen molar-refractivity contribution in [2.75, 3.05) is 4.90 Å². The van der Waals surface area contributed by atoms with Crippen LogP contribution in [0, 0.1) is 18.7 Å². The van der Waals surface area contributed by atoms with Crippen LogP contribution in [0.15, 0.2) is 18.2 Å². The van der Waals surface area contributed by atoms with Crippen molar-refractivity contribution >= 4 is 17.5 Å². The quantitative estimate of drug-likeness (QED) is 0.899. The van der Waals surface area contributed by atoms with Crippen LogP contribution in [0.1, 0.15) is 26.3 Å². The van der Waals surface area contributed by atoms with Gasteiger partial charge in [-0.1, -0.05) is 13.8 Å². The van der Waals surface area contributed by atoms with Crippen LogP contribution in [0.2, 0.25) is 0 Å². The van der Waals surface area contributed by atoms with Gasteiger partial charge in [-0.05, 0) is 43.5 Å². The van der Waals surface area contributed by atoms with Gasteiger partial charge in [0.15, 0.2) is 0 Å². The summed E-state index contributed by atoms with van der Waals surface area (Å²) in [5, 5.41) is 2.68. The van der Waals surface area contributed by atoms with Gasteiger partial charge in [0.2, 0.25) is 11.8 Å². The van der Waals surface area contributed by atoms with E-state index in [0.29, 0.717) is 11.3 Å². The van der Waals surface area contributed by atoms with Gasteiger partial charge in [0.1, 0.15) is 17.9 Å². The number of benzene rings is 1. The fourth-order valence-electron chi connectivity index (χ4n) is 2.49. The molecule has 2 unspecified atom stereocenters. The maximum Gasteiger partial charge on any atom is 0.250 e. The summed E-state index contributed by atoms with van der Waals surface area (Å²) < 4.78 is 13.4. The molecule has 1 aliphatic rings. The van der Waals surface area contributed by atoms with Crippen molar-refractivity contribution in [3.63, 3.8) is 0 Å². The normalized spacial score (nSPS) is 23.2. The summed E-state index contributed by atoms with van der Waals surface area (Å²) in [6, 6.07) is 3.34. The van der Waals surface area contributed by atoms with E-state index in [1.165, 1.54) is 11.0 Å². The highest BCUT2D eigenvalue weighted by molar-refractivity contribution is 6.08. The fraction of sp³-hybridized carbons (Fsp3) is 0.467. The van der Waals surface area contributed by atoms with E-state index < -0.39 is 12.1 Å². The van der Waals surface area contributed by atoms with Crippen LogP contribution in [-0.2, 0) is 9.59 Å². The molecule has 0 spiro atoms. The number of aryl methyl sites for hydroxylation is 1. The first-order chi connectivity index (χ1) is 9.32. The van der Waals surface area contributed by atoms with E-state index in [0.717, 1.165) is 0 Å². The number of nitrogens with zero attached hydrogens (tertiary/aromatic N) is 1. The summed E-state index contributed by atoms with van der Waals surface area (Å²) in [6.07, 6.45) is 0. The number of anilines is 1. The zero-order chi connectivity index (χ0) is 15.0. The van der Waals surface area contributed by atoms with E-state index >= 15 is 0 Å². The molecule has 1 aliphatic heterocycles. The molecule has 20 heavy (non-hydrogen) atoms. The van der Waals surface area contributed by atoms with E-state index in [1.54, 1.807) is 26.0 Å². The molecular weight excluding hydrogens is 259 g/mol. The second kappa shape index (κ2) is 5.23. The molecule has 108 valence electrons. The van der Waals surface area contributed by atoms with E-state index in [9.17, 15) is 14.0 Å². The molecule has 1 heterocycles. The highest BCUT2D eigenvalue weighted by Gasteiger charge is 2.41. The highest BCUT2D eigenvalue weighted by Crippen LogP contribution is 2.26. The first-order valence-corrected chi connectivity index (χ1v) is 6.72. The summed E-state index contributed by atoms with van der Waals surface area (Å²) in [5.74, 6) is -0.697. The Labute approximate surface area is 118 Å². The lowest BCUT2D eigenvalue weighted by Gasteiger charge is -2.40. The van der Waals surface area contributed by atoms with Crippen molar-refractivity contribution < 1.29 is 14.0 Å². The molecule has 4 nitrogen and oxygen atoms in total. The Balaban J connectivity index is 2.49. The summed E-state index contributed by atoms with van der Waals surface area (Å²) >= 11 is 0. The van der Waals surface area contributed by atoms with E-state index in [2.05, 4.69) is 5.32 Å². The van der Waals surface area contributed by atoms with Crippen molar-refractivity contribution in [1.82, 2.24) is 5.32 Å². The Morgan fingerprint density at radius 2 is 1.95 bits per heavy atom. The van der Waals surface area contributed by atoms with Crippen LogP contribution in [0.5, 0.6) is 0 Å². The van der Waals surface area contributed by atoms with Crippen LogP contribution in [-0.4, -0.2) is 23.9 Å². The lowest BCUT2D eigenvalue weighted by molar-refractivity contribution is -0.134. The first kappa shape index (κ1) is 14.5. The maximum atomic E-state index is 13.4. The van der Waals surface area contributed by atoms with Gasteiger partial charge in [0.25, 0.3) is 0 Å². The van der Waals surface area contributed by atoms with E-state index in [4.69, 9.17) is 0 Å². The molecule has 1 saturated heterocycles. The van der Waals surface area contributed by atoms with Crippen molar-refractivity contribution in [3.8, 4) is 0 Å². The van der Waals surface area contributed by atoms with Crippen LogP contribution in [0.25, 0.3) is 0 Å². The monoisotopic (exact) mass is 278 g/mol. The minimum Gasteiger partial charge on any atom is -0.343 e. The minimum atomic E-state index is -0.567. The number of carbonyl (C=O) groups excluding carboxylic acids is 2. The Kier molecular flexibility index (Phi) is 3.79. The molecule has 1 N–H and O–H groups in total. The van der Waals surface area contributed by atoms with Gasteiger partial charge < -0.3 is 5.32 Å². The van der Waals surface area contributed by atoms with E-state index in [-0.39, 0.29) is 23.5 Å². The maximum absolute atomic E-state index is 13.4. The van der Waals surface area contributed by atoms with Crippen LogP contribution < -0.4 is 10.2 Å². The smallest absolute Gasteiger partial charge is 0.250 e. The molecule has 0 aromatic heterocycles. The average molecular weight is 278 g/mol. The number of hydrogen-bond acceptors (Lipinski definition) is 2. The molecule has 0 bridgehead atoms. The van der Waals surface area contributed by atoms with Crippen molar-refractivity contribution in [2.45, 2.75) is 39.8 Å². The number of amides is 2. The summed E-state index contributed by atoms with van der Waals surface area (Å²) in [5.41, 5.74) is 1.02. The molecule has 0 aliphatic carbocycles. The number of hydrogen-bond donors (Lipinski definition) is 1. The minimum absolute atomic E-state index is 0.0307. The van der Waals surface area contributed by atoms with Crippen LogP contribution >= 0.6 is 0 Å². The largest absolute Gasteiger partial charge is 0.343 e. The number of nitrogens with one attached hydrogen (secondary N) is 1. The molecule has 0 saturated carbocycles. The lowest BCUT2D eigenvalue weighted by Crippen LogP contribution is -2.64. The van der Waals surface area contributed by atoms with Gasteiger partial charge in [0, 0.05) is 5.69 Å². The molecule has 1 aromatic rings. The standard InChI is InChI=1S/C15H19FN2O2/c1-8(2)13-14(19)17-10(4)15(20)18(13)11-5-6-12(16)9(3)7-11/h5-8,10,13H,1-4H3,(H,17,19). The second-order valence-electron chi connectivity index (χ2n) is 5.56. The second-order valence-corrected chi connectivity index (χ2v) is 5.56. The summed E-state index contributed by atoms with van der Waals surface area (Å²) in [4.78, 5) is 26.0. The molecule has 2 atom stereocenters. The average Bonchev–Trinajstić information content (AvgIpc) is 2.36. The predicted octanol–water partition coefficient (Wildman–Crippen LogP) is 2.01. The third-order valence-electron chi connectivity index (χ3n) is 3.56.